The summed E-state index contributed by atoms with van der Waals surface area (Å²) in [4.78, 5) is 0. The molecule has 0 atom stereocenters. The summed E-state index contributed by atoms with van der Waals surface area (Å²) in [5.41, 5.74) is 2.70. The van der Waals surface area contributed by atoms with E-state index in [1.807, 2.05) is 19.3 Å². The molecule has 4 nitrogen and oxygen atoms in total. The molecule has 0 unspecified atom stereocenters. The summed E-state index contributed by atoms with van der Waals surface area (Å²) in [7, 11) is 0. The zero-order valence-corrected chi connectivity index (χ0v) is 16.2. The standard InChI is InChI=1S/C18H20F2N4.Pt/c1-14-9-17(22-21-14)5-3-2-4-6-23-7-8-24(13-23)18-11-15(19)10-16(20)12-18;/h7-12H,2-6H2,1H3,(H,21,22);. The molecule has 0 saturated carbocycles. The number of nitrogens with one attached hydrogen (secondary N) is 1. The van der Waals surface area contributed by atoms with Gasteiger partial charge in [0.2, 0.25) is 0 Å². The van der Waals surface area contributed by atoms with Crippen molar-refractivity contribution in [2.45, 2.75) is 39.2 Å². The van der Waals surface area contributed by atoms with E-state index in [-0.39, 0.29) is 0 Å². The van der Waals surface area contributed by atoms with Crippen LogP contribution in [-0.4, -0.2) is 19.3 Å². The topological polar surface area (TPSA) is 38.5 Å². The quantitative estimate of drug-likeness (QED) is 0.464. The number of unbranched alkanes of at least 4 members (excludes halogenated alkanes) is 2. The van der Waals surface area contributed by atoms with Gasteiger partial charge in [0.05, 0.1) is 0 Å². The average molecular weight is 525 g/mol. The number of nitrogens with zero attached hydrogens (tertiary/aromatic N) is 3. The molecule has 0 aliphatic heterocycles. The van der Waals surface area contributed by atoms with Gasteiger partial charge in [0.25, 0.3) is 0 Å². The Labute approximate surface area is 155 Å². The van der Waals surface area contributed by atoms with Crippen LogP contribution in [0.3, 0.4) is 0 Å². The van der Waals surface area contributed by atoms with E-state index in [0.29, 0.717) is 5.69 Å². The fourth-order valence-electron chi connectivity index (χ4n) is 2.79. The van der Waals surface area contributed by atoms with E-state index in [1.165, 1.54) is 12.1 Å². The van der Waals surface area contributed by atoms with Crippen molar-refractivity contribution in [1.82, 2.24) is 19.3 Å². The van der Waals surface area contributed by atoms with Gasteiger partial charge in [-0.1, -0.05) is 0 Å². The van der Waals surface area contributed by atoms with Crippen LogP contribution in [0.25, 0.3) is 5.69 Å². The number of benzene rings is 1. The maximum atomic E-state index is 13.4. The summed E-state index contributed by atoms with van der Waals surface area (Å²) in [6.07, 6.45) is 8.01. The van der Waals surface area contributed by atoms with Gasteiger partial charge in [-0.05, 0) is 0 Å². The Hall–Kier alpha value is -1.81. The van der Waals surface area contributed by atoms with Crippen LogP contribution in [0, 0.1) is 22.4 Å². The molecule has 3 aromatic rings. The van der Waals surface area contributed by atoms with Crippen LogP contribution < -0.4 is 0 Å². The first-order valence-corrected chi connectivity index (χ1v) is 9.37. The summed E-state index contributed by atoms with van der Waals surface area (Å²) in [6, 6.07) is 5.63. The summed E-state index contributed by atoms with van der Waals surface area (Å²) < 4.78 is 31.6. The van der Waals surface area contributed by atoms with Crippen molar-refractivity contribution in [2.24, 2.45) is 0 Å². The van der Waals surface area contributed by atoms with E-state index in [9.17, 15) is 8.78 Å². The molecule has 0 spiro atoms. The Morgan fingerprint density at radius 3 is 2.48 bits per heavy atom. The number of rotatable bonds is 7. The maximum absolute atomic E-state index is 13.4. The molecular weight excluding hydrogens is 505 g/mol. The molecule has 0 saturated heterocycles. The SMILES string of the molecule is Cc1cc(CCCCCn2ccn(-c3cc(F)cc(F)c3)[c]2=[Pt])n[nH]1. The summed E-state index contributed by atoms with van der Waals surface area (Å²) >= 11 is 2.18. The third kappa shape index (κ3) is 4.63. The van der Waals surface area contributed by atoms with Gasteiger partial charge >= 0.3 is 156 Å². The van der Waals surface area contributed by atoms with Gasteiger partial charge in [-0.2, -0.15) is 0 Å². The molecule has 0 aliphatic rings. The zero-order valence-electron chi connectivity index (χ0n) is 13.9. The summed E-state index contributed by atoms with van der Waals surface area (Å²) in [6.45, 7) is 2.88. The first kappa shape index (κ1) is 18.0. The third-order valence-corrected chi connectivity index (χ3v) is 5.22. The fraction of sp³-hybridized carbons (Fsp3) is 0.333. The molecule has 0 bridgehead atoms. The molecule has 136 valence electrons. The van der Waals surface area contributed by atoms with Gasteiger partial charge in [0.15, 0.2) is 0 Å². The molecule has 0 amide bonds. The van der Waals surface area contributed by atoms with Gasteiger partial charge < -0.3 is 0 Å². The molecule has 1 aromatic carbocycles. The van der Waals surface area contributed by atoms with E-state index in [1.54, 1.807) is 4.57 Å². The van der Waals surface area contributed by atoms with Crippen LogP contribution in [0.5, 0.6) is 0 Å². The molecule has 0 radical (unpaired) electrons. The van der Waals surface area contributed by atoms with Gasteiger partial charge in [-0.25, -0.2) is 0 Å². The van der Waals surface area contributed by atoms with Gasteiger partial charge in [0.1, 0.15) is 0 Å². The predicted molar refractivity (Wildman–Crippen MR) is 87.8 cm³/mol. The minimum atomic E-state index is -0.570. The van der Waals surface area contributed by atoms with Crippen LogP contribution in [0.2, 0.25) is 0 Å². The number of aromatic nitrogens is 4. The second-order valence-electron chi connectivity index (χ2n) is 6.08. The molecule has 3 rings (SSSR count). The molecule has 2 heterocycles. The Kier molecular flexibility index (Phi) is 5.79. The predicted octanol–water partition coefficient (Wildman–Crippen LogP) is 4.08. The molecule has 7 heteroatoms. The molecule has 1 N–H and O–H groups in total. The number of H-pyrrole nitrogens is 1. The Bertz CT molecular complexity index is 890. The van der Waals surface area contributed by atoms with Crippen molar-refractivity contribution in [3.8, 4) is 5.69 Å². The number of aryl methyl sites for hydroxylation is 3. The van der Waals surface area contributed by atoms with Gasteiger partial charge in [-0.3, -0.25) is 0 Å². The van der Waals surface area contributed by atoms with Crippen molar-refractivity contribution in [3.05, 3.63) is 63.5 Å². The third-order valence-electron chi connectivity index (χ3n) is 4.02. The number of imidazole rings is 1. The van der Waals surface area contributed by atoms with E-state index in [0.717, 1.165) is 53.5 Å². The van der Waals surface area contributed by atoms with Crippen molar-refractivity contribution in [2.75, 3.05) is 0 Å². The molecule has 0 aliphatic carbocycles. The normalized spacial score (nSPS) is 11.2. The van der Waals surface area contributed by atoms with E-state index in [2.05, 4.69) is 40.2 Å². The second kappa shape index (κ2) is 8.04. The van der Waals surface area contributed by atoms with Crippen LogP contribution in [0.1, 0.15) is 30.7 Å². The molecular formula is C18H20F2N4Pt. The van der Waals surface area contributed by atoms with Crippen molar-refractivity contribution in [1.29, 1.82) is 0 Å². The van der Waals surface area contributed by atoms with Gasteiger partial charge in [-0.15, -0.1) is 0 Å². The number of hydrogen-bond donors (Lipinski definition) is 1. The Morgan fingerprint density at radius 1 is 1.04 bits per heavy atom. The first-order chi connectivity index (χ1) is 12.0. The molecule has 25 heavy (non-hydrogen) atoms. The average Bonchev–Trinajstić information content (AvgIpc) is 3.12. The Balaban J connectivity index is 1.55. The van der Waals surface area contributed by atoms with Crippen LogP contribution in [0.15, 0.2) is 36.7 Å². The van der Waals surface area contributed by atoms with E-state index >= 15 is 0 Å². The van der Waals surface area contributed by atoms with Crippen molar-refractivity contribution >= 4 is 0 Å². The second-order valence-corrected chi connectivity index (χ2v) is 7.10. The first-order valence-electron chi connectivity index (χ1n) is 8.23. The molecule has 0 fully saturated rings. The van der Waals surface area contributed by atoms with Crippen LogP contribution in [-0.2, 0) is 32.3 Å². The summed E-state index contributed by atoms with van der Waals surface area (Å²) in [5.74, 6) is -1.14. The minimum absolute atomic E-state index is 0.496. The van der Waals surface area contributed by atoms with E-state index < -0.39 is 11.6 Å². The number of aromatic amines is 1. The van der Waals surface area contributed by atoms with Crippen molar-refractivity contribution in [3.63, 3.8) is 0 Å². The van der Waals surface area contributed by atoms with Crippen LogP contribution >= 0.6 is 0 Å². The number of halogens is 2. The number of hydrogen-bond acceptors (Lipinski definition) is 1. The summed E-state index contributed by atoms with van der Waals surface area (Å²) in [5, 5.41) is 7.20. The monoisotopic (exact) mass is 525 g/mol. The fourth-order valence-corrected chi connectivity index (χ4v) is 3.68. The molecule has 2 aromatic heterocycles. The Morgan fingerprint density at radius 2 is 1.80 bits per heavy atom. The van der Waals surface area contributed by atoms with E-state index in [4.69, 9.17) is 0 Å². The van der Waals surface area contributed by atoms with Gasteiger partial charge in [0, 0.05) is 0 Å². The zero-order chi connectivity index (χ0) is 17.8. The van der Waals surface area contributed by atoms with Crippen molar-refractivity contribution < 1.29 is 28.1 Å². The van der Waals surface area contributed by atoms with Crippen LogP contribution in [0.4, 0.5) is 8.78 Å².